The van der Waals surface area contributed by atoms with Gasteiger partial charge < -0.3 is 4.74 Å². The molecule has 65 valence electrons. The zero-order valence-corrected chi connectivity index (χ0v) is 8.09. The fourth-order valence-electron chi connectivity index (χ4n) is 0.947. The van der Waals surface area contributed by atoms with Crippen LogP contribution in [-0.2, 0) is 0 Å². The lowest BCUT2D eigenvalue weighted by molar-refractivity contribution is 0.412. The Morgan fingerprint density at radius 2 is 1.92 bits per heavy atom. The molecular formula is C10H15NO+. The molecule has 0 saturated carbocycles. The molecule has 0 N–H and O–H groups in total. The Hall–Kier alpha value is -1.02. The van der Waals surface area contributed by atoms with E-state index in [4.69, 9.17) is 4.74 Å². The highest BCUT2D eigenvalue weighted by Crippen LogP contribution is 2.19. The van der Waals surface area contributed by atoms with Crippen molar-refractivity contribution in [1.82, 2.24) is 4.48 Å². The fourth-order valence-corrected chi connectivity index (χ4v) is 0.947. The second-order valence-corrected chi connectivity index (χ2v) is 3.63. The van der Waals surface area contributed by atoms with Crippen molar-refractivity contribution in [1.29, 1.82) is 0 Å². The van der Waals surface area contributed by atoms with Gasteiger partial charge in [0.05, 0.1) is 28.3 Å². The van der Waals surface area contributed by atoms with Crippen LogP contribution in [0, 0.1) is 6.07 Å². The second-order valence-electron chi connectivity index (χ2n) is 3.63. The molecule has 0 heterocycles. The summed E-state index contributed by atoms with van der Waals surface area (Å²) in [6, 6.07) is 8.99. The lowest BCUT2D eigenvalue weighted by Crippen LogP contribution is -2.34. The molecule has 1 aromatic carbocycles. The zero-order chi connectivity index (χ0) is 9.19. The highest BCUT2D eigenvalue weighted by atomic mass is 16.5. The monoisotopic (exact) mass is 165 g/mol. The van der Waals surface area contributed by atoms with E-state index in [2.05, 4.69) is 33.3 Å². The number of quaternary nitrogens is 1. The average molecular weight is 165 g/mol. The Labute approximate surface area is 74.0 Å². The smallest absolute Gasteiger partial charge is 0.133 e. The molecule has 1 rings (SSSR count). The SMILES string of the molecule is COc1[c]cc([N+](C)(C)C)cc1. The van der Waals surface area contributed by atoms with E-state index in [1.165, 1.54) is 5.69 Å². The summed E-state index contributed by atoms with van der Waals surface area (Å²) in [6.45, 7) is 0. The van der Waals surface area contributed by atoms with Crippen LogP contribution in [0.4, 0.5) is 5.69 Å². The summed E-state index contributed by atoms with van der Waals surface area (Å²) in [6.07, 6.45) is 0. The lowest BCUT2D eigenvalue weighted by atomic mass is 10.2. The third-order valence-corrected chi connectivity index (χ3v) is 1.76. The van der Waals surface area contributed by atoms with E-state index in [-0.39, 0.29) is 0 Å². The third-order valence-electron chi connectivity index (χ3n) is 1.76. The van der Waals surface area contributed by atoms with Gasteiger partial charge in [0.1, 0.15) is 11.4 Å². The van der Waals surface area contributed by atoms with Crippen LogP contribution < -0.4 is 9.22 Å². The first-order valence-electron chi connectivity index (χ1n) is 3.92. The van der Waals surface area contributed by atoms with E-state index in [0.29, 0.717) is 0 Å². The molecule has 0 saturated heterocycles. The minimum Gasteiger partial charge on any atom is -0.496 e. The molecule has 0 bridgehead atoms. The molecule has 2 heteroatoms. The lowest BCUT2D eigenvalue weighted by Gasteiger charge is -2.23. The van der Waals surface area contributed by atoms with Crippen LogP contribution in [0.3, 0.4) is 0 Å². The maximum atomic E-state index is 5.02. The highest BCUT2D eigenvalue weighted by Gasteiger charge is 2.10. The van der Waals surface area contributed by atoms with Crippen molar-refractivity contribution in [2.24, 2.45) is 0 Å². The summed E-state index contributed by atoms with van der Waals surface area (Å²) in [5.41, 5.74) is 1.22. The summed E-state index contributed by atoms with van der Waals surface area (Å²) in [5, 5.41) is 0. The number of hydrogen-bond acceptors (Lipinski definition) is 1. The minimum atomic E-state index is 0.784. The molecule has 2 nitrogen and oxygen atoms in total. The normalized spacial score (nSPS) is 11.3. The molecule has 0 aliphatic carbocycles. The van der Waals surface area contributed by atoms with Crippen molar-refractivity contribution in [2.45, 2.75) is 0 Å². The van der Waals surface area contributed by atoms with E-state index in [1.54, 1.807) is 7.11 Å². The Balaban J connectivity index is 2.93. The van der Waals surface area contributed by atoms with Gasteiger partial charge in [0.25, 0.3) is 0 Å². The number of ether oxygens (including phenoxy) is 1. The predicted molar refractivity (Wildman–Crippen MR) is 51.4 cm³/mol. The molecule has 0 aromatic heterocycles. The Kier molecular flexibility index (Phi) is 2.38. The van der Waals surface area contributed by atoms with Crippen LogP contribution in [0.5, 0.6) is 5.75 Å². The van der Waals surface area contributed by atoms with Gasteiger partial charge in [0.15, 0.2) is 0 Å². The summed E-state index contributed by atoms with van der Waals surface area (Å²) in [4.78, 5) is 0. The number of rotatable bonds is 2. The number of benzene rings is 1. The van der Waals surface area contributed by atoms with Crippen molar-refractivity contribution >= 4 is 5.69 Å². The quantitative estimate of drug-likeness (QED) is 0.606. The number of nitrogens with zero attached hydrogens (tertiary/aromatic N) is 1. The Morgan fingerprint density at radius 1 is 1.25 bits per heavy atom. The third kappa shape index (κ3) is 1.98. The van der Waals surface area contributed by atoms with Gasteiger partial charge in [-0.2, -0.15) is 0 Å². The summed E-state index contributed by atoms with van der Waals surface area (Å²) >= 11 is 0. The van der Waals surface area contributed by atoms with Gasteiger partial charge in [-0.3, -0.25) is 4.48 Å². The summed E-state index contributed by atoms with van der Waals surface area (Å²) in [7, 11) is 8.01. The Bertz CT molecular complexity index is 246. The van der Waals surface area contributed by atoms with Crippen LogP contribution >= 0.6 is 0 Å². The predicted octanol–water partition coefficient (Wildman–Crippen LogP) is 1.69. The van der Waals surface area contributed by atoms with Gasteiger partial charge >= 0.3 is 0 Å². The summed E-state index contributed by atoms with van der Waals surface area (Å²) < 4.78 is 5.83. The van der Waals surface area contributed by atoms with Crippen molar-refractivity contribution in [2.75, 3.05) is 28.3 Å². The van der Waals surface area contributed by atoms with Crippen molar-refractivity contribution in [3.8, 4) is 5.75 Å². The largest absolute Gasteiger partial charge is 0.496 e. The maximum Gasteiger partial charge on any atom is 0.133 e. The van der Waals surface area contributed by atoms with E-state index in [9.17, 15) is 0 Å². The first-order valence-corrected chi connectivity index (χ1v) is 3.92. The van der Waals surface area contributed by atoms with Crippen LogP contribution in [-0.4, -0.2) is 28.3 Å². The fraction of sp³-hybridized carbons (Fsp3) is 0.400. The van der Waals surface area contributed by atoms with Crippen LogP contribution in [0.1, 0.15) is 0 Å². The standard InChI is InChI=1S/C10H15NO/c1-11(2,3)9-5-7-10(12-4)8-6-9/h5-7H,1-4H3/q+1. The number of hydrogen-bond donors (Lipinski definition) is 0. The molecular weight excluding hydrogens is 150 g/mol. The molecule has 0 aliphatic heterocycles. The maximum absolute atomic E-state index is 5.02. The van der Waals surface area contributed by atoms with Crippen molar-refractivity contribution < 1.29 is 4.74 Å². The van der Waals surface area contributed by atoms with Gasteiger partial charge in [-0.25, -0.2) is 0 Å². The van der Waals surface area contributed by atoms with Gasteiger partial charge in [0.2, 0.25) is 0 Å². The minimum absolute atomic E-state index is 0.784. The number of methoxy groups -OCH3 is 1. The zero-order valence-electron chi connectivity index (χ0n) is 8.09. The van der Waals surface area contributed by atoms with Crippen LogP contribution in [0.25, 0.3) is 0 Å². The first kappa shape index (κ1) is 9.07. The van der Waals surface area contributed by atoms with Crippen LogP contribution in [0.15, 0.2) is 18.2 Å². The average Bonchev–Trinajstić information content (AvgIpc) is 2.03. The summed E-state index contributed by atoms with van der Waals surface area (Å²) in [5.74, 6) is 0.784. The van der Waals surface area contributed by atoms with Crippen molar-refractivity contribution in [3.63, 3.8) is 0 Å². The molecule has 0 unspecified atom stereocenters. The molecule has 0 amide bonds. The second kappa shape index (κ2) is 3.15. The molecule has 0 spiro atoms. The van der Waals surface area contributed by atoms with Crippen LogP contribution in [0.2, 0.25) is 0 Å². The molecule has 12 heavy (non-hydrogen) atoms. The van der Waals surface area contributed by atoms with E-state index in [1.807, 2.05) is 12.1 Å². The molecule has 0 fully saturated rings. The Morgan fingerprint density at radius 3 is 2.25 bits per heavy atom. The van der Waals surface area contributed by atoms with E-state index >= 15 is 0 Å². The molecule has 1 radical (unpaired) electrons. The molecule has 0 atom stereocenters. The van der Waals surface area contributed by atoms with E-state index < -0.39 is 0 Å². The van der Waals surface area contributed by atoms with E-state index in [0.717, 1.165) is 10.2 Å². The van der Waals surface area contributed by atoms with Gasteiger partial charge in [0, 0.05) is 18.2 Å². The van der Waals surface area contributed by atoms with Gasteiger partial charge in [-0.05, 0) is 6.07 Å². The molecule has 0 aliphatic rings. The van der Waals surface area contributed by atoms with Gasteiger partial charge in [-0.1, -0.05) is 0 Å². The highest BCUT2D eigenvalue weighted by molar-refractivity contribution is 5.43. The topological polar surface area (TPSA) is 9.23 Å². The molecule has 1 aromatic rings. The van der Waals surface area contributed by atoms with Crippen molar-refractivity contribution in [3.05, 3.63) is 24.3 Å². The first-order chi connectivity index (χ1) is 5.54. The van der Waals surface area contributed by atoms with Gasteiger partial charge in [-0.15, -0.1) is 0 Å².